The first-order valence-electron chi connectivity index (χ1n) is 15.7. The molecular weight excluding hydrogens is 666 g/mol. The van der Waals surface area contributed by atoms with E-state index in [9.17, 15) is 28.3 Å². The van der Waals surface area contributed by atoms with E-state index in [4.69, 9.17) is 21.3 Å². The summed E-state index contributed by atoms with van der Waals surface area (Å²) in [5.74, 6) is -2.86. The molecule has 2 fully saturated rings. The predicted octanol–water partition coefficient (Wildman–Crippen LogP) is 8.01. The fraction of sp³-hybridized carbons (Fsp3) is 0.371. The molecule has 0 amide bonds. The standard InChI is InChI=1S/C35H30ClF4N5O4/c36-23-3-1-22(28(14-23)49-32(39)40)16-48-30-25(38)15-24(37)29(43-30)20-5-7-35(8-6-20)17-44(18-35)33-42-26-4-2-21(31(46)47)13-27(26)45(33)19-34(9-10-34)11-12-41/h1-5,13-15,32H,6-11,16-19H2,(H,46,47). The largest absolute Gasteiger partial charge is 0.478 e. The lowest BCUT2D eigenvalue weighted by Crippen LogP contribution is -2.57. The zero-order valence-corrected chi connectivity index (χ0v) is 26.8. The van der Waals surface area contributed by atoms with E-state index in [1.54, 1.807) is 12.1 Å². The maximum Gasteiger partial charge on any atom is 0.387 e. The molecule has 1 saturated heterocycles. The number of pyridine rings is 1. The highest BCUT2D eigenvalue weighted by atomic mass is 35.5. The summed E-state index contributed by atoms with van der Waals surface area (Å²) in [6, 6.07) is 11.9. The number of carboxylic acid groups (broad SMARTS) is 1. The summed E-state index contributed by atoms with van der Waals surface area (Å²) >= 11 is 5.89. The van der Waals surface area contributed by atoms with Crippen molar-refractivity contribution in [1.29, 1.82) is 5.26 Å². The first-order chi connectivity index (χ1) is 23.5. The summed E-state index contributed by atoms with van der Waals surface area (Å²) in [4.78, 5) is 22.9. The number of allylic oxidation sites excluding steroid dienone is 2. The second-order valence-electron chi connectivity index (χ2n) is 13.2. The van der Waals surface area contributed by atoms with E-state index in [1.165, 1.54) is 24.3 Å². The van der Waals surface area contributed by atoms with E-state index in [1.807, 2.05) is 6.08 Å². The summed E-state index contributed by atoms with van der Waals surface area (Å²) in [6.45, 7) is -1.55. The molecule has 1 saturated carbocycles. The Kier molecular flexibility index (Phi) is 8.39. The Bertz CT molecular complexity index is 2030. The number of nitrogens with zero attached hydrogens (tertiary/aromatic N) is 5. The summed E-state index contributed by atoms with van der Waals surface area (Å²) in [6.07, 6.45) is 5.99. The molecule has 49 heavy (non-hydrogen) atoms. The fourth-order valence-corrected chi connectivity index (χ4v) is 7.00. The SMILES string of the molecule is N#CCC1(Cn2c(N3CC4(CC=C(c5nc(OCc6ccc(Cl)cc6OC(F)F)c(F)cc5F)CC4)C3)nc3ccc(C(=O)O)cc32)CC1. The number of rotatable bonds is 11. The van der Waals surface area contributed by atoms with Crippen LogP contribution in [0.5, 0.6) is 11.6 Å². The summed E-state index contributed by atoms with van der Waals surface area (Å²) in [5, 5.41) is 19.2. The fourth-order valence-electron chi connectivity index (χ4n) is 6.84. The molecule has 3 aliphatic rings. The minimum absolute atomic E-state index is 0.0363. The number of aromatic nitrogens is 3. The number of fused-ring (bicyclic) bond motifs is 1. The number of ether oxygens (including phenoxy) is 2. The topological polar surface area (TPSA) is 114 Å². The van der Waals surface area contributed by atoms with E-state index in [-0.39, 0.29) is 45.0 Å². The predicted molar refractivity (Wildman–Crippen MR) is 172 cm³/mol. The highest BCUT2D eigenvalue weighted by molar-refractivity contribution is 6.30. The van der Waals surface area contributed by atoms with Gasteiger partial charge in [-0.25, -0.2) is 23.5 Å². The lowest BCUT2D eigenvalue weighted by molar-refractivity contribution is -0.0508. The molecule has 2 aliphatic carbocycles. The molecule has 1 spiro atoms. The van der Waals surface area contributed by atoms with Gasteiger partial charge in [0.15, 0.2) is 11.6 Å². The van der Waals surface area contributed by atoms with Crippen LogP contribution in [0.15, 0.2) is 48.5 Å². The number of carbonyl (C=O) groups is 1. The van der Waals surface area contributed by atoms with Gasteiger partial charge in [0, 0.05) is 53.5 Å². The molecule has 7 rings (SSSR count). The average molecular weight is 696 g/mol. The summed E-state index contributed by atoms with van der Waals surface area (Å²) in [5.41, 5.74) is 2.08. The van der Waals surface area contributed by atoms with Gasteiger partial charge in [0.25, 0.3) is 5.88 Å². The van der Waals surface area contributed by atoms with Crippen LogP contribution in [-0.2, 0) is 13.2 Å². The van der Waals surface area contributed by atoms with Crippen LogP contribution in [0.2, 0.25) is 5.02 Å². The number of carboxylic acids is 1. The van der Waals surface area contributed by atoms with Gasteiger partial charge in [0.05, 0.1) is 22.7 Å². The van der Waals surface area contributed by atoms with E-state index in [2.05, 4.69) is 25.3 Å². The molecule has 0 atom stereocenters. The van der Waals surface area contributed by atoms with Crippen LogP contribution in [-0.4, -0.2) is 45.3 Å². The molecule has 254 valence electrons. The molecule has 2 aromatic heterocycles. The van der Waals surface area contributed by atoms with Gasteiger partial charge in [-0.3, -0.25) is 0 Å². The van der Waals surface area contributed by atoms with Gasteiger partial charge in [0.2, 0.25) is 5.95 Å². The maximum absolute atomic E-state index is 15.0. The number of benzene rings is 2. The molecule has 9 nitrogen and oxygen atoms in total. The van der Waals surface area contributed by atoms with Gasteiger partial charge >= 0.3 is 12.6 Å². The van der Waals surface area contributed by atoms with Crippen molar-refractivity contribution in [2.75, 3.05) is 18.0 Å². The van der Waals surface area contributed by atoms with Crippen molar-refractivity contribution in [2.24, 2.45) is 10.8 Å². The minimum Gasteiger partial charge on any atom is -0.478 e. The van der Waals surface area contributed by atoms with Crippen molar-refractivity contribution in [2.45, 2.75) is 58.3 Å². The number of aromatic carboxylic acids is 1. The number of alkyl halides is 2. The molecule has 0 unspecified atom stereocenters. The summed E-state index contributed by atoms with van der Waals surface area (Å²) in [7, 11) is 0. The third kappa shape index (κ3) is 6.49. The number of hydrogen-bond donors (Lipinski definition) is 1. The smallest absolute Gasteiger partial charge is 0.387 e. The molecule has 0 radical (unpaired) electrons. The number of nitriles is 1. The third-order valence-corrected chi connectivity index (χ3v) is 9.97. The Morgan fingerprint density at radius 2 is 1.88 bits per heavy atom. The van der Waals surface area contributed by atoms with Crippen LogP contribution >= 0.6 is 11.6 Å². The Balaban J connectivity index is 1.08. The van der Waals surface area contributed by atoms with Gasteiger partial charge in [0.1, 0.15) is 18.1 Å². The number of imidazole rings is 1. The minimum atomic E-state index is -3.11. The second kappa shape index (κ2) is 12.6. The zero-order chi connectivity index (χ0) is 34.5. The molecule has 3 heterocycles. The van der Waals surface area contributed by atoms with Gasteiger partial charge in [-0.1, -0.05) is 23.7 Å². The first kappa shape index (κ1) is 32.7. The quantitative estimate of drug-likeness (QED) is 0.157. The van der Waals surface area contributed by atoms with Gasteiger partial charge in [-0.2, -0.15) is 14.0 Å². The van der Waals surface area contributed by atoms with Gasteiger partial charge in [-0.05, 0) is 68.0 Å². The molecule has 14 heteroatoms. The van der Waals surface area contributed by atoms with Crippen LogP contribution in [0.1, 0.15) is 60.1 Å². The molecule has 2 aromatic carbocycles. The van der Waals surface area contributed by atoms with Crippen LogP contribution < -0.4 is 14.4 Å². The average Bonchev–Trinajstić information content (AvgIpc) is 3.71. The van der Waals surface area contributed by atoms with Crippen molar-refractivity contribution < 1.29 is 36.9 Å². The zero-order valence-electron chi connectivity index (χ0n) is 26.1. The third-order valence-electron chi connectivity index (χ3n) is 9.73. The number of anilines is 1. The lowest BCUT2D eigenvalue weighted by atomic mass is 9.69. The monoisotopic (exact) mass is 695 g/mol. The van der Waals surface area contributed by atoms with Crippen molar-refractivity contribution >= 4 is 40.1 Å². The van der Waals surface area contributed by atoms with Crippen molar-refractivity contribution in [3.8, 4) is 17.7 Å². The summed E-state index contributed by atoms with van der Waals surface area (Å²) < 4.78 is 67.6. The maximum atomic E-state index is 15.0. The Morgan fingerprint density at radius 3 is 2.55 bits per heavy atom. The second-order valence-corrected chi connectivity index (χ2v) is 13.6. The van der Waals surface area contributed by atoms with Gasteiger partial charge in [-0.15, -0.1) is 0 Å². The molecule has 1 aliphatic heterocycles. The van der Waals surface area contributed by atoms with Crippen LogP contribution in [0, 0.1) is 33.8 Å². The highest BCUT2D eigenvalue weighted by Crippen LogP contribution is 2.52. The van der Waals surface area contributed by atoms with Crippen LogP contribution in [0.4, 0.5) is 23.5 Å². The van der Waals surface area contributed by atoms with E-state index >= 15 is 4.39 Å². The Morgan fingerprint density at radius 1 is 1.08 bits per heavy atom. The van der Waals surface area contributed by atoms with Crippen molar-refractivity contribution in [1.82, 2.24) is 14.5 Å². The number of hydrogen-bond acceptors (Lipinski definition) is 7. The van der Waals surface area contributed by atoms with E-state index < -0.39 is 30.1 Å². The van der Waals surface area contributed by atoms with Crippen molar-refractivity contribution in [3.63, 3.8) is 0 Å². The highest BCUT2D eigenvalue weighted by Gasteiger charge is 2.47. The van der Waals surface area contributed by atoms with Crippen LogP contribution in [0.25, 0.3) is 16.6 Å². The molecule has 0 bridgehead atoms. The Labute approximate surface area is 283 Å². The Hall–Kier alpha value is -4.83. The van der Waals surface area contributed by atoms with Gasteiger partial charge < -0.3 is 24.0 Å². The lowest BCUT2D eigenvalue weighted by Gasteiger charge is -2.52. The van der Waals surface area contributed by atoms with Crippen LogP contribution in [0.3, 0.4) is 0 Å². The van der Waals surface area contributed by atoms with Crippen molar-refractivity contribution in [3.05, 3.63) is 82.0 Å². The molecule has 1 N–H and O–H groups in total. The molecular formula is C35H30ClF4N5O4. The first-order valence-corrected chi connectivity index (χ1v) is 16.1. The van der Waals surface area contributed by atoms with E-state index in [0.717, 1.165) is 24.3 Å². The molecule has 4 aromatic rings. The normalized spacial score (nSPS) is 17.5. The number of halogens is 5. The van der Waals surface area contributed by atoms with E-state index in [0.29, 0.717) is 62.5 Å².